The molecule has 9 nitrogen and oxygen atoms in total. The minimum atomic E-state index is -0.126. The Bertz CT molecular complexity index is 1050. The van der Waals surface area contributed by atoms with Crippen LogP contribution in [-0.4, -0.2) is 62.9 Å². The van der Waals surface area contributed by atoms with Crippen LogP contribution in [0.3, 0.4) is 0 Å². The molecule has 0 unspecified atom stereocenters. The predicted octanol–water partition coefficient (Wildman–Crippen LogP) is 1.85. The maximum absolute atomic E-state index is 12.3. The van der Waals surface area contributed by atoms with Crippen LogP contribution in [-0.2, 0) is 6.42 Å². The Morgan fingerprint density at radius 2 is 1.97 bits per heavy atom. The number of hydrogen-bond acceptors (Lipinski definition) is 7. The van der Waals surface area contributed by atoms with Gasteiger partial charge < -0.3 is 19.7 Å². The van der Waals surface area contributed by atoms with Gasteiger partial charge in [-0.15, -0.1) is 12.4 Å². The number of hydrogen-bond donors (Lipinski definition) is 2. The molecule has 2 N–H and O–H groups in total. The van der Waals surface area contributed by atoms with Crippen LogP contribution < -0.4 is 10.9 Å². The van der Waals surface area contributed by atoms with Crippen LogP contribution in [0.4, 0.5) is 0 Å². The minimum Gasteiger partial charge on any atom is -0.334 e. The van der Waals surface area contributed by atoms with Gasteiger partial charge in [-0.3, -0.25) is 4.79 Å². The van der Waals surface area contributed by atoms with Crippen molar-refractivity contribution in [2.45, 2.75) is 38.0 Å². The second-order valence-electron chi connectivity index (χ2n) is 8.37. The molecule has 0 amide bonds. The summed E-state index contributed by atoms with van der Waals surface area (Å²) < 4.78 is 7.38. The van der Waals surface area contributed by atoms with Crippen LogP contribution in [0.15, 0.2) is 21.6 Å². The molecule has 0 saturated carbocycles. The molecule has 2 saturated heterocycles. The van der Waals surface area contributed by atoms with Gasteiger partial charge in [-0.1, -0.05) is 5.16 Å². The van der Waals surface area contributed by atoms with Gasteiger partial charge in [-0.05, 0) is 64.8 Å². The van der Waals surface area contributed by atoms with Crippen LogP contribution in [0.2, 0.25) is 0 Å². The van der Waals surface area contributed by atoms with E-state index >= 15 is 0 Å². The van der Waals surface area contributed by atoms with Crippen molar-refractivity contribution >= 4 is 18.1 Å². The summed E-state index contributed by atoms with van der Waals surface area (Å²) in [5, 5.41) is 12.1. The Balaban J connectivity index is 0.00000218. The highest BCUT2D eigenvalue weighted by Crippen LogP contribution is 2.28. The molecule has 10 heteroatoms. The summed E-state index contributed by atoms with van der Waals surface area (Å²) in [6.45, 7) is 4.14. The first-order valence-electron chi connectivity index (χ1n) is 10.5. The minimum absolute atomic E-state index is 0. The first-order valence-corrected chi connectivity index (χ1v) is 10.5. The van der Waals surface area contributed by atoms with Crippen molar-refractivity contribution in [1.29, 1.82) is 0 Å². The Kier molecular flexibility index (Phi) is 6.21. The number of rotatable bonds is 4. The quantitative estimate of drug-likeness (QED) is 0.646. The Morgan fingerprint density at radius 1 is 1.20 bits per heavy atom. The number of nitrogens with zero attached hydrogens (tertiary/aromatic N) is 5. The van der Waals surface area contributed by atoms with E-state index in [2.05, 4.69) is 37.5 Å². The third-order valence-electron chi connectivity index (χ3n) is 6.30. The van der Waals surface area contributed by atoms with Gasteiger partial charge in [0.1, 0.15) is 11.2 Å². The number of halogens is 1. The summed E-state index contributed by atoms with van der Waals surface area (Å²) in [6, 6.07) is 1.67. The maximum Gasteiger partial charge on any atom is 0.263 e. The lowest BCUT2D eigenvalue weighted by molar-refractivity contribution is 0.216. The molecule has 3 aromatic heterocycles. The van der Waals surface area contributed by atoms with Crippen LogP contribution >= 0.6 is 12.4 Å². The lowest BCUT2D eigenvalue weighted by Gasteiger charge is -2.27. The fourth-order valence-electron chi connectivity index (χ4n) is 4.55. The van der Waals surface area contributed by atoms with Crippen LogP contribution in [0.25, 0.3) is 17.1 Å². The number of nitrogens with one attached hydrogen (secondary N) is 2. The maximum atomic E-state index is 12.3. The van der Waals surface area contributed by atoms with E-state index in [-0.39, 0.29) is 18.0 Å². The molecule has 5 rings (SSSR count). The van der Waals surface area contributed by atoms with E-state index in [0.29, 0.717) is 28.9 Å². The second-order valence-corrected chi connectivity index (χ2v) is 8.37. The molecule has 5 heterocycles. The summed E-state index contributed by atoms with van der Waals surface area (Å²) in [7, 11) is 2.16. The lowest BCUT2D eigenvalue weighted by atomic mass is 9.94. The topological polar surface area (TPSA) is 104 Å². The number of fused-ring (bicyclic) bond motifs is 1. The zero-order valence-electron chi connectivity index (χ0n) is 17.1. The highest BCUT2D eigenvalue weighted by atomic mass is 35.5. The Labute approximate surface area is 180 Å². The predicted molar refractivity (Wildman–Crippen MR) is 115 cm³/mol. The van der Waals surface area contributed by atoms with Crippen molar-refractivity contribution in [3.63, 3.8) is 0 Å². The van der Waals surface area contributed by atoms with E-state index in [1.807, 2.05) is 4.52 Å². The number of piperidine rings is 2. The van der Waals surface area contributed by atoms with Crippen LogP contribution in [0, 0.1) is 5.92 Å². The summed E-state index contributed by atoms with van der Waals surface area (Å²) in [5.41, 5.74) is 2.13. The molecule has 0 aromatic carbocycles. The highest BCUT2D eigenvalue weighted by molar-refractivity contribution is 5.85. The summed E-state index contributed by atoms with van der Waals surface area (Å²) in [5.74, 6) is 2.05. The first-order chi connectivity index (χ1) is 14.2. The average molecular weight is 434 g/mol. The molecular formula is C20H28ClN7O2. The summed E-state index contributed by atoms with van der Waals surface area (Å²) in [4.78, 5) is 22.2. The molecule has 0 spiro atoms. The fourth-order valence-corrected chi connectivity index (χ4v) is 4.55. The monoisotopic (exact) mass is 433 g/mol. The van der Waals surface area contributed by atoms with Crippen molar-refractivity contribution < 1.29 is 4.52 Å². The molecule has 2 aliphatic rings. The summed E-state index contributed by atoms with van der Waals surface area (Å²) in [6.07, 6.45) is 6.84. The van der Waals surface area contributed by atoms with Crippen molar-refractivity contribution in [1.82, 2.24) is 35.0 Å². The third-order valence-corrected chi connectivity index (χ3v) is 6.30. The molecule has 2 fully saturated rings. The van der Waals surface area contributed by atoms with Crippen LogP contribution in [0.5, 0.6) is 0 Å². The lowest BCUT2D eigenvalue weighted by Crippen LogP contribution is -2.31. The molecule has 2 aliphatic heterocycles. The molecule has 0 atom stereocenters. The molecule has 0 aliphatic carbocycles. The molecule has 30 heavy (non-hydrogen) atoms. The highest BCUT2D eigenvalue weighted by Gasteiger charge is 2.24. The van der Waals surface area contributed by atoms with Gasteiger partial charge in [-0.2, -0.15) is 10.1 Å². The van der Waals surface area contributed by atoms with E-state index in [0.717, 1.165) is 69.8 Å². The van der Waals surface area contributed by atoms with Gasteiger partial charge in [0, 0.05) is 18.4 Å². The van der Waals surface area contributed by atoms with Crippen molar-refractivity contribution in [2.75, 3.05) is 33.2 Å². The van der Waals surface area contributed by atoms with Gasteiger partial charge in [0.15, 0.2) is 5.82 Å². The van der Waals surface area contributed by atoms with Crippen molar-refractivity contribution in [2.24, 2.45) is 5.92 Å². The number of aromatic nitrogens is 5. The zero-order chi connectivity index (χ0) is 19.8. The van der Waals surface area contributed by atoms with Crippen molar-refractivity contribution in [3.05, 3.63) is 34.1 Å². The fraction of sp³-hybridized carbons (Fsp3) is 0.600. The first kappa shape index (κ1) is 21.0. The van der Waals surface area contributed by atoms with Gasteiger partial charge in [0.05, 0.1) is 11.9 Å². The summed E-state index contributed by atoms with van der Waals surface area (Å²) >= 11 is 0. The van der Waals surface area contributed by atoms with Crippen molar-refractivity contribution in [3.8, 4) is 11.5 Å². The molecule has 0 bridgehead atoms. The number of H-pyrrole nitrogens is 1. The van der Waals surface area contributed by atoms with Crippen LogP contribution in [0.1, 0.15) is 43.1 Å². The molecular weight excluding hydrogens is 406 g/mol. The smallest absolute Gasteiger partial charge is 0.263 e. The number of likely N-dealkylation sites (tertiary alicyclic amines) is 1. The SMILES string of the molecule is CN1CCC(Cc2noc(-c3cnn4c(C5CCNCC5)cc(=O)[nH]c34)n2)CC1.Cl. The second kappa shape index (κ2) is 8.87. The van der Waals surface area contributed by atoms with Gasteiger partial charge >= 0.3 is 0 Å². The largest absolute Gasteiger partial charge is 0.334 e. The molecule has 0 radical (unpaired) electrons. The molecule has 162 valence electrons. The standard InChI is InChI=1S/C20H27N7O2.ClH/c1-26-8-4-13(5-9-26)10-17-23-20(29-25-17)15-12-22-27-16(11-18(28)24-19(15)27)14-2-6-21-7-3-14;/h11-14,21H,2-10H2,1H3,(H,24,28);1H. The number of aromatic amines is 1. The average Bonchev–Trinajstić information content (AvgIpc) is 3.36. The van der Waals surface area contributed by atoms with E-state index in [9.17, 15) is 4.79 Å². The van der Waals surface area contributed by atoms with E-state index in [1.54, 1.807) is 12.3 Å². The van der Waals surface area contributed by atoms with Gasteiger partial charge in [0.2, 0.25) is 0 Å². The third kappa shape index (κ3) is 4.14. The van der Waals surface area contributed by atoms with Gasteiger partial charge in [-0.25, -0.2) is 4.52 Å². The normalized spacial score (nSPS) is 19.2. The van der Waals surface area contributed by atoms with E-state index < -0.39 is 0 Å². The Hall–Kier alpha value is -2.23. The zero-order valence-corrected chi connectivity index (χ0v) is 18.0. The van der Waals surface area contributed by atoms with E-state index in [4.69, 9.17) is 4.52 Å². The van der Waals surface area contributed by atoms with Gasteiger partial charge in [0.25, 0.3) is 11.4 Å². The molecule has 3 aromatic rings. The van der Waals surface area contributed by atoms with E-state index in [1.165, 1.54) is 0 Å². The Morgan fingerprint density at radius 3 is 2.73 bits per heavy atom.